The van der Waals surface area contributed by atoms with Gasteiger partial charge in [0, 0.05) is 31.4 Å². The Morgan fingerprint density at radius 2 is 1.75 bits per heavy atom. The van der Waals surface area contributed by atoms with Gasteiger partial charge in [0.2, 0.25) is 11.8 Å². The van der Waals surface area contributed by atoms with Crippen LogP contribution in [0.15, 0.2) is 29.6 Å². The van der Waals surface area contributed by atoms with E-state index in [4.69, 9.17) is 4.74 Å². The van der Waals surface area contributed by atoms with E-state index in [-0.39, 0.29) is 23.1 Å². The minimum absolute atomic E-state index is 0.235. The fourth-order valence-corrected chi connectivity index (χ4v) is 6.22. The Bertz CT molecular complexity index is 787. The molecule has 4 aliphatic carbocycles. The number of carbonyl (C=O) groups excluding carboxylic acids is 2. The highest BCUT2D eigenvalue weighted by atomic mass is 16.5. The van der Waals surface area contributed by atoms with Crippen LogP contribution in [-0.4, -0.2) is 40.5 Å². The van der Waals surface area contributed by atoms with Crippen LogP contribution >= 0.6 is 0 Å². The Kier molecular flexibility index (Phi) is 4.14. The summed E-state index contributed by atoms with van der Waals surface area (Å²) in [6, 6.07) is 3.49. The lowest BCUT2D eigenvalue weighted by Crippen LogP contribution is -2.53. The van der Waals surface area contributed by atoms with Gasteiger partial charge in [-0.3, -0.25) is 14.6 Å². The highest BCUT2D eigenvalue weighted by molar-refractivity contribution is 5.99. The Morgan fingerprint density at radius 1 is 1.14 bits per heavy atom. The molecule has 4 saturated carbocycles. The summed E-state index contributed by atoms with van der Waals surface area (Å²) >= 11 is 0. The van der Waals surface area contributed by atoms with Crippen LogP contribution in [0.5, 0.6) is 0 Å². The molecule has 1 aliphatic heterocycles. The molecule has 1 atom stereocenters. The normalized spacial score (nSPS) is 35.5. The number of hydrazone groups is 1. The molecule has 148 valence electrons. The van der Waals surface area contributed by atoms with Gasteiger partial charge in [0.1, 0.15) is 0 Å². The van der Waals surface area contributed by atoms with Crippen molar-refractivity contribution in [3.63, 3.8) is 0 Å². The summed E-state index contributed by atoms with van der Waals surface area (Å²) in [6.45, 7) is 2.06. The summed E-state index contributed by atoms with van der Waals surface area (Å²) < 4.78 is 5.77. The molecule has 7 nitrogen and oxygen atoms in total. The van der Waals surface area contributed by atoms with Crippen LogP contribution in [-0.2, 0) is 14.3 Å². The standard InChI is InChI=1S/C21H26N4O3/c1-13(26)25-20(28-19(24-25)17-2-4-22-5-3-17)18(27)23-12-21-9-14-6-15(10-21)8-16(7-14)11-21/h2-5,14-16,20H,6-12H2,1H3,(H,23,27). The molecule has 7 heteroatoms. The van der Waals surface area contributed by atoms with Gasteiger partial charge in [0.25, 0.3) is 12.1 Å². The van der Waals surface area contributed by atoms with Crippen molar-refractivity contribution in [1.29, 1.82) is 0 Å². The molecule has 4 fully saturated rings. The number of ether oxygens (including phenoxy) is 1. The monoisotopic (exact) mass is 382 g/mol. The van der Waals surface area contributed by atoms with Gasteiger partial charge in [0.05, 0.1) is 0 Å². The Labute approximate surface area is 164 Å². The topological polar surface area (TPSA) is 83.9 Å². The smallest absolute Gasteiger partial charge is 0.284 e. The molecule has 1 aromatic heterocycles. The average molecular weight is 382 g/mol. The Balaban J connectivity index is 1.27. The van der Waals surface area contributed by atoms with Gasteiger partial charge in [-0.25, -0.2) is 0 Å². The number of amides is 2. The van der Waals surface area contributed by atoms with Gasteiger partial charge < -0.3 is 10.1 Å². The van der Waals surface area contributed by atoms with Crippen LogP contribution in [0.25, 0.3) is 0 Å². The lowest BCUT2D eigenvalue weighted by molar-refractivity contribution is -0.147. The van der Waals surface area contributed by atoms with Crippen molar-refractivity contribution in [1.82, 2.24) is 15.3 Å². The number of nitrogens with zero attached hydrogens (tertiary/aromatic N) is 3. The summed E-state index contributed by atoms with van der Waals surface area (Å²) in [7, 11) is 0. The van der Waals surface area contributed by atoms with Crippen LogP contribution in [0, 0.1) is 23.2 Å². The summed E-state index contributed by atoms with van der Waals surface area (Å²) in [6.07, 6.45) is 10.00. The average Bonchev–Trinajstić information content (AvgIpc) is 3.12. The molecule has 6 rings (SSSR count). The summed E-state index contributed by atoms with van der Waals surface area (Å²) in [5, 5.41) is 8.45. The van der Waals surface area contributed by atoms with Crippen LogP contribution in [0.4, 0.5) is 0 Å². The molecule has 0 radical (unpaired) electrons. The van der Waals surface area contributed by atoms with Crippen LogP contribution < -0.4 is 5.32 Å². The second-order valence-electron chi connectivity index (χ2n) is 9.11. The van der Waals surface area contributed by atoms with Crippen LogP contribution in [0.2, 0.25) is 0 Å². The summed E-state index contributed by atoms with van der Waals surface area (Å²) in [5.41, 5.74) is 0.927. The van der Waals surface area contributed by atoms with Gasteiger partial charge in [0.15, 0.2) is 0 Å². The SMILES string of the molecule is CC(=O)N1N=C(c2ccncc2)OC1C(=O)NCC12CC3CC(CC(C3)C1)C2. The summed E-state index contributed by atoms with van der Waals surface area (Å²) in [5.74, 6) is 2.16. The fraction of sp³-hybridized carbons (Fsp3) is 0.619. The highest BCUT2D eigenvalue weighted by Gasteiger charge is 2.51. The minimum Gasteiger partial charge on any atom is -0.440 e. The van der Waals surface area contributed by atoms with E-state index in [0.29, 0.717) is 12.1 Å². The lowest BCUT2D eigenvalue weighted by Gasteiger charge is -2.56. The number of nitrogens with one attached hydrogen (secondary N) is 1. The third kappa shape index (κ3) is 3.06. The highest BCUT2D eigenvalue weighted by Crippen LogP contribution is 2.59. The molecule has 4 bridgehead atoms. The van der Waals surface area contributed by atoms with Crippen molar-refractivity contribution in [2.75, 3.05) is 6.54 Å². The number of carbonyl (C=O) groups is 2. The number of hydrogen-bond donors (Lipinski definition) is 1. The number of hydrogen-bond acceptors (Lipinski definition) is 5. The molecule has 0 aromatic carbocycles. The zero-order valence-electron chi connectivity index (χ0n) is 16.1. The second kappa shape index (κ2) is 6.57. The van der Waals surface area contributed by atoms with E-state index >= 15 is 0 Å². The molecule has 2 amide bonds. The first kappa shape index (κ1) is 17.6. The van der Waals surface area contributed by atoms with Gasteiger partial charge in [-0.05, 0) is 73.8 Å². The predicted molar refractivity (Wildman–Crippen MR) is 102 cm³/mol. The van der Waals surface area contributed by atoms with Crippen molar-refractivity contribution < 1.29 is 14.3 Å². The van der Waals surface area contributed by atoms with Gasteiger partial charge in [-0.2, -0.15) is 5.01 Å². The first-order valence-corrected chi connectivity index (χ1v) is 10.2. The van der Waals surface area contributed by atoms with Gasteiger partial charge in [-0.15, -0.1) is 5.10 Å². The van der Waals surface area contributed by atoms with E-state index in [1.54, 1.807) is 24.5 Å². The first-order chi connectivity index (χ1) is 13.5. The maximum absolute atomic E-state index is 12.9. The molecule has 0 saturated heterocycles. The Hall–Kier alpha value is -2.44. The molecule has 0 spiro atoms. The van der Waals surface area contributed by atoms with Crippen molar-refractivity contribution in [3.05, 3.63) is 30.1 Å². The molecular formula is C21H26N4O3. The van der Waals surface area contributed by atoms with Crippen molar-refractivity contribution in [2.24, 2.45) is 28.3 Å². The molecule has 1 unspecified atom stereocenters. The van der Waals surface area contributed by atoms with E-state index in [1.807, 2.05) is 0 Å². The van der Waals surface area contributed by atoms with Crippen molar-refractivity contribution >= 4 is 17.7 Å². The van der Waals surface area contributed by atoms with Crippen LogP contribution in [0.3, 0.4) is 0 Å². The molecule has 5 aliphatic rings. The minimum atomic E-state index is -1.05. The maximum atomic E-state index is 12.9. The molecular weight excluding hydrogens is 356 g/mol. The number of pyridine rings is 1. The zero-order chi connectivity index (χ0) is 19.3. The van der Waals surface area contributed by atoms with Gasteiger partial charge >= 0.3 is 0 Å². The zero-order valence-corrected chi connectivity index (χ0v) is 16.1. The third-order valence-electron chi connectivity index (χ3n) is 6.92. The largest absolute Gasteiger partial charge is 0.440 e. The van der Waals surface area contributed by atoms with Gasteiger partial charge in [-0.1, -0.05) is 0 Å². The maximum Gasteiger partial charge on any atom is 0.284 e. The van der Waals surface area contributed by atoms with E-state index in [9.17, 15) is 9.59 Å². The molecule has 28 heavy (non-hydrogen) atoms. The number of aromatic nitrogens is 1. The Morgan fingerprint density at radius 3 is 2.32 bits per heavy atom. The fourth-order valence-electron chi connectivity index (χ4n) is 6.22. The number of rotatable bonds is 4. The molecule has 1 N–H and O–H groups in total. The third-order valence-corrected chi connectivity index (χ3v) is 6.92. The van der Waals surface area contributed by atoms with E-state index in [2.05, 4.69) is 15.4 Å². The first-order valence-electron chi connectivity index (χ1n) is 10.2. The molecule has 1 aromatic rings. The van der Waals surface area contributed by atoms with Crippen molar-refractivity contribution in [3.8, 4) is 0 Å². The quantitative estimate of drug-likeness (QED) is 0.866. The second-order valence-corrected chi connectivity index (χ2v) is 9.11. The summed E-state index contributed by atoms with van der Waals surface area (Å²) in [4.78, 5) is 28.9. The molecule has 2 heterocycles. The predicted octanol–water partition coefficient (Wildman–Crippen LogP) is 2.28. The lowest BCUT2D eigenvalue weighted by atomic mass is 9.49. The van der Waals surface area contributed by atoms with Crippen LogP contribution in [0.1, 0.15) is 51.0 Å². The van der Waals surface area contributed by atoms with E-state index in [0.717, 1.165) is 22.8 Å². The van der Waals surface area contributed by atoms with E-state index < -0.39 is 6.23 Å². The van der Waals surface area contributed by atoms with E-state index in [1.165, 1.54) is 45.4 Å². The van der Waals surface area contributed by atoms with Crippen molar-refractivity contribution in [2.45, 2.75) is 51.7 Å².